The maximum absolute atomic E-state index is 10.6. The average molecular weight is 212 g/mol. The molecule has 0 unspecified atom stereocenters. The number of hydrogen-bond donors (Lipinski definition) is 2. The third kappa shape index (κ3) is 2.45. The van der Waals surface area contributed by atoms with Gasteiger partial charge >= 0.3 is 0 Å². The zero-order valence-electron chi connectivity index (χ0n) is 7.14. The molecule has 0 saturated carbocycles. The molecule has 1 aromatic carbocycles. The van der Waals surface area contributed by atoms with Crippen molar-refractivity contribution in [1.82, 2.24) is 0 Å². The van der Waals surface area contributed by atoms with E-state index in [-0.39, 0.29) is 16.8 Å². The van der Waals surface area contributed by atoms with Gasteiger partial charge in [0.1, 0.15) is 11.8 Å². The van der Waals surface area contributed by atoms with E-state index in [9.17, 15) is 8.42 Å². The first kappa shape index (κ1) is 10.5. The van der Waals surface area contributed by atoms with Gasteiger partial charge in [0, 0.05) is 0 Å². The zero-order valence-corrected chi connectivity index (χ0v) is 7.95. The van der Waals surface area contributed by atoms with Crippen LogP contribution in [-0.2, 0) is 15.9 Å². The number of nitriles is 1. The van der Waals surface area contributed by atoms with Gasteiger partial charge in [-0.25, -0.2) is 0 Å². The zero-order chi connectivity index (χ0) is 10.8. The van der Waals surface area contributed by atoms with Crippen LogP contribution >= 0.6 is 0 Å². The summed E-state index contributed by atoms with van der Waals surface area (Å²) in [4.78, 5) is 0. The Hall–Kier alpha value is -1.58. The van der Waals surface area contributed by atoms with Gasteiger partial charge in [0.25, 0.3) is 10.1 Å². The molecule has 1 rings (SSSR count). The topological polar surface area (TPSA) is 104 Å². The molecule has 0 radical (unpaired) electrons. The van der Waals surface area contributed by atoms with Gasteiger partial charge in [0.15, 0.2) is 0 Å². The number of benzene rings is 1. The molecule has 0 aliphatic carbocycles. The molecule has 0 aliphatic heterocycles. The van der Waals surface area contributed by atoms with Crippen molar-refractivity contribution in [3.8, 4) is 6.07 Å². The second-order valence-electron chi connectivity index (χ2n) is 2.72. The number of rotatable bonds is 2. The Morgan fingerprint density at radius 2 is 2.14 bits per heavy atom. The van der Waals surface area contributed by atoms with Crippen molar-refractivity contribution < 1.29 is 13.0 Å². The Kier molecular flexibility index (Phi) is 2.74. The monoisotopic (exact) mass is 212 g/mol. The molecule has 0 heterocycles. The van der Waals surface area contributed by atoms with Crippen LogP contribution in [0.5, 0.6) is 0 Å². The van der Waals surface area contributed by atoms with Crippen LogP contribution in [0.4, 0.5) is 5.69 Å². The summed E-state index contributed by atoms with van der Waals surface area (Å²) in [5, 5.41) is 8.60. The van der Waals surface area contributed by atoms with Gasteiger partial charge < -0.3 is 5.73 Å². The summed E-state index contributed by atoms with van der Waals surface area (Å²) < 4.78 is 29.7. The lowest BCUT2D eigenvalue weighted by Gasteiger charge is -2.04. The summed E-state index contributed by atoms with van der Waals surface area (Å²) in [6.07, 6.45) is 0. The average Bonchev–Trinajstić information content (AvgIpc) is 2.06. The summed E-state index contributed by atoms with van der Waals surface area (Å²) in [6.45, 7) is 0. The summed E-state index contributed by atoms with van der Waals surface area (Å²) in [5.74, 6) is -0.575. The van der Waals surface area contributed by atoms with Gasteiger partial charge in [-0.2, -0.15) is 13.7 Å². The van der Waals surface area contributed by atoms with Crippen LogP contribution in [0.15, 0.2) is 18.2 Å². The fourth-order valence-corrected chi connectivity index (χ4v) is 1.68. The molecule has 0 atom stereocenters. The van der Waals surface area contributed by atoms with Crippen molar-refractivity contribution in [2.45, 2.75) is 5.75 Å². The van der Waals surface area contributed by atoms with Gasteiger partial charge in [-0.3, -0.25) is 4.55 Å². The largest absolute Gasteiger partial charge is 0.397 e. The molecule has 74 valence electrons. The lowest BCUT2D eigenvalue weighted by atomic mass is 10.1. The normalized spacial score (nSPS) is 10.9. The Balaban J connectivity index is 3.19. The highest BCUT2D eigenvalue weighted by atomic mass is 32.2. The highest BCUT2D eigenvalue weighted by Gasteiger charge is 2.11. The fourth-order valence-electron chi connectivity index (χ4n) is 1.03. The van der Waals surface area contributed by atoms with Crippen LogP contribution in [-0.4, -0.2) is 13.0 Å². The SMILES string of the molecule is N#Cc1cccc(CS(=O)(=O)O)c1N. The fraction of sp³-hybridized carbons (Fsp3) is 0.125. The van der Waals surface area contributed by atoms with Crippen molar-refractivity contribution >= 4 is 15.8 Å². The van der Waals surface area contributed by atoms with Crippen LogP contribution in [0.1, 0.15) is 11.1 Å². The van der Waals surface area contributed by atoms with E-state index in [1.807, 2.05) is 6.07 Å². The molecule has 6 heteroatoms. The molecule has 0 aromatic heterocycles. The van der Waals surface area contributed by atoms with Crippen molar-refractivity contribution in [1.29, 1.82) is 5.26 Å². The smallest absolute Gasteiger partial charge is 0.269 e. The minimum atomic E-state index is -4.11. The van der Waals surface area contributed by atoms with E-state index in [0.717, 1.165) is 0 Å². The van der Waals surface area contributed by atoms with Gasteiger partial charge in [-0.15, -0.1) is 0 Å². The van der Waals surface area contributed by atoms with Gasteiger partial charge in [-0.1, -0.05) is 12.1 Å². The van der Waals surface area contributed by atoms with Crippen LogP contribution in [0.2, 0.25) is 0 Å². The third-order valence-corrected chi connectivity index (χ3v) is 2.33. The number of anilines is 1. The second-order valence-corrected chi connectivity index (χ2v) is 4.17. The van der Waals surface area contributed by atoms with E-state index in [2.05, 4.69) is 0 Å². The highest BCUT2D eigenvalue weighted by molar-refractivity contribution is 7.85. The maximum atomic E-state index is 10.6. The maximum Gasteiger partial charge on any atom is 0.269 e. The first-order valence-corrected chi connectivity index (χ1v) is 5.27. The van der Waals surface area contributed by atoms with E-state index < -0.39 is 15.9 Å². The molecule has 1 aromatic rings. The molecule has 0 amide bonds. The van der Waals surface area contributed by atoms with Gasteiger partial charge in [0.05, 0.1) is 11.3 Å². The van der Waals surface area contributed by atoms with E-state index >= 15 is 0 Å². The quantitative estimate of drug-likeness (QED) is 0.549. The molecule has 0 fully saturated rings. The number of nitrogens with two attached hydrogens (primary N) is 1. The van der Waals surface area contributed by atoms with Crippen molar-refractivity contribution in [2.75, 3.05) is 5.73 Å². The van der Waals surface area contributed by atoms with Crippen molar-refractivity contribution in [3.63, 3.8) is 0 Å². The van der Waals surface area contributed by atoms with Crippen molar-refractivity contribution in [3.05, 3.63) is 29.3 Å². The molecule has 0 aliphatic rings. The molecule has 0 bridgehead atoms. The predicted octanol–water partition coefficient (Wildman–Crippen LogP) is 0.528. The first-order chi connectivity index (χ1) is 6.44. The molecule has 14 heavy (non-hydrogen) atoms. The van der Waals surface area contributed by atoms with E-state index in [0.29, 0.717) is 0 Å². The number of nitrogen functional groups attached to an aromatic ring is 1. The lowest BCUT2D eigenvalue weighted by Crippen LogP contribution is -2.05. The summed E-state index contributed by atoms with van der Waals surface area (Å²) in [6, 6.07) is 6.25. The summed E-state index contributed by atoms with van der Waals surface area (Å²) >= 11 is 0. The Morgan fingerprint density at radius 1 is 1.50 bits per heavy atom. The van der Waals surface area contributed by atoms with Crippen LogP contribution in [0.25, 0.3) is 0 Å². The number of para-hydroxylation sites is 1. The summed E-state index contributed by atoms with van der Waals surface area (Å²) in [7, 11) is -4.11. The lowest BCUT2D eigenvalue weighted by molar-refractivity contribution is 0.482. The van der Waals surface area contributed by atoms with Crippen LogP contribution in [0.3, 0.4) is 0 Å². The van der Waals surface area contributed by atoms with Crippen LogP contribution < -0.4 is 5.73 Å². The van der Waals surface area contributed by atoms with Crippen LogP contribution in [0, 0.1) is 11.3 Å². The molecule has 0 saturated heterocycles. The minimum absolute atomic E-state index is 0.0904. The first-order valence-electron chi connectivity index (χ1n) is 3.66. The van der Waals surface area contributed by atoms with Crippen molar-refractivity contribution in [2.24, 2.45) is 0 Å². The Bertz CT molecular complexity index is 488. The predicted molar refractivity (Wildman–Crippen MR) is 50.8 cm³/mol. The van der Waals surface area contributed by atoms with E-state index in [1.54, 1.807) is 0 Å². The Labute approximate surface area is 81.5 Å². The van der Waals surface area contributed by atoms with E-state index in [1.165, 1.54) is 18.2 Å². The molecule has 3 N–H and O–H groups in total. The highest BCUT2D eigenvalue weighted by Crippen LogP contribution is 2.18. The summed E-state index contributed by atoms with van der Waals surface area (Å²) in [5.41, 5.74) is 6.02. The van der Waals surface area contributed by atoms with E-state index in [4.69, 9.17) is 15.5 Å². The second kappa shape index (κ2) is 3.65. The number of nitrogens with zero attached hydrogens (tertiary/aromatic N) is 1. The molecular weight excluding hydrogens is 204 g/mol. The molecular formula is C8H8N2O3S. The third-order valence-electron chi connectivity index (χ3n) is 1.65. The standard InChI is InChI=1S/C8H8N2O3S/c9-4-6-2-1-3-7(8(6)10)5-14(11,12)13/h1-3H,5,10H2,(H,11,12,13). The minimum Gasteiger partial charge on any atom is -0.397 e. The molecule has 0 spiro atoms. The van der Waals surface area contributed by atoms with Gasteiger partial charge in [0.2, 0.25) is 0 Å². The van der Waals surface area contributed by atoms with Gasteiger partial charge in [-0.05, 0) is 11.6 Å². The molecule has 5 nitrogen and oxygen atoms in total. The number of hydrogen-bond acceptors (Lipinski definition) is 4. The Morgan fingerprint density at radius 3 is 2.64 bits per heavy atom.